The third kappa shape index (κ3) is 1.67. The number of benzene rings is 1. The summed E-state index contributed by atoms with van der Waals surface area (Å²) in [7, 11) is 0. The van der Waals surface area contributed by atoms with Gasteiger partial charge in [0.05, 0.1) is 31.8 Å². The van der Waals surface area contributed by atoms with E-state index in [9.17, 15) is 8.78 Å². The molecule has 0 bridgehead atoms. The first-order valence-electron chi connectivity index (χ1n) is 5.63. The number of aromatic nitrogens is 2. The van der Waals surface area contributed by atoms with Crippen LogP contribution >= 0.6 is 0 Å². The third-order valence-electron chi connectivity index (χ3n) is 2.95. The number of hydrogen-bond acceptors (Lipinski definition) is 4. The Labute approximate surface area is 102 Å². The van der Waals surface area contributed by atoms with Crippen molar-refractivity contribution in [2.24, 2.45) is 0 Å². The fourth-order valence-electron chi connectivity index (χ4n) is 2.16. The minimum absolute atomic E-state index is 0.0837. The zero-order chi connectivity index (χ0) is 12.7. The van der Waals surface area contributed by atoms with Crippen LogP contribution in [-0.4, -0.2) is 36.0 Å². The fraction of sp³-hybridized carbons (Fsp3) is 0.364. The van der Waals surface area contributed by atoms with E-state index in [1.165, 1.54) is 6.07 Å². The molecular weight excluding hydrogens is 242 g/mol. The van der Waals surface area contributed by atoms with Gasteiger partial charge in [-0.1, -0.05) is 0 Å². The first-order chi connectivity index (χ1) is 8.66. The van der Waals surface area contributed by atoms with Gasteiger partial charge < -0.3 is 15.5 Å². The molecule has 2 N–H and O–H groups in total. The lowest BCUT2D eigenvalue weighted by molar-refractivity contribution is 0.112. The van der Waals surface area contributed by atoms with Crippen molar-refractivity contribution in [1.29, 1.82) is 0 Å². The van der Waals surface area contributed by atoms with E-state index in [0.29, 0.717) is 31.8 Å². The van der Waals surface area contributed by atoms with Crippen molar-refractivity contribution in [2.45, 2.75) is 0 Å². The molecule has 0 radical (unpaired) electrons. The number of hydrogen-bond donors (Lipinski definition) is 1. The number of rotatable bonds is 1. The van der Waals surface area contributed by atoms with Crippen molar-refractivity contribution in [1.82, 2.24) is 9.66 Å². The van der Waals surface area contributed by atoms with Gasteiger partial charge in [-0.05, 0) is 0 Å². The molecule has 18 heavy (non-hydrogen) atoms. The largest absolute Gasteiger partial charge is 0.378 e. The molecule has 0 unspecified atom stereocenters. The molecule has 5 nitrogen and oxygen atoms in total. The molecule has 1 saturated heterocycles. The summed E-state index contributed by atoms with van der Waals surface area (Å²) in [6.07, 6.45) is 0. The van der Waals surface area contributed by atoms with Gasteiger partial charge in [-0.25, -0.2) is 18.4 Å². The predicted octanol–water partition coefficient (Wildman–Crippen LogP) is 0.865. The lowest BCUT2D eigenvalue weighted by Crippen LogP contribution is -2.44. The fourth-order valence-corrected chi connectivity index (χ4v) is 2.16. The number of nitrogen functional groups attached to an aromatic ring is 1. The highest BCUT2D eigenvalue weighted by molar-refractivity contribution is 5.79. The SMILES string of the molecule is Nc1nc2c(F)cc(F)cc2n1N1CCOCC1. The summed E-state index contributed by atoms with van der Waals surface area (Å²) in [6, 6.07) is 2.04. The number of morpholine rings is 1. The summed E-state index contributed by atoms with van der Waals surface area (Å²) >= 11 is 0. The Balaban J connectivity index is 2.18. The molecule has 0 spiro atoms. The Kier molecular flexibility index (Phi) is 2.55. The van der Waals surface area contributed by atoms with Crippen molar-refractivity contribution >= 4 is 17.0 Å². The monoisotopic (exact) mass is 254 g/mol. The molecule has 0 saturated carbocycles. The average molecular weight is 254 g/mol. The first kappa shape index (κ1) is 11.2. The Morgan fingerprint density at radius 1 is 1.22 bits per heavy atom. The van der Waals surface area contributed by atoms with Gasteiger partial charge in [-0.3, -0.25) is 0 Å². The molecule has 0 amide bonds. The first-order valence-corrected chi connectivity index (χ1v) is 5.63. The Morgan fingerprint density at radius 3 is 2.67 bits per heavy atom. The number of nitrogens with zero attached hydrogens (tertiary/aromatic N) is 3. The van der Waals surface area contributed by atoms with Gasteiger partial charge in [0, 0.05) is 12.1 Å². The molecular formula is C11H12F2N4O. The second-order valence-corrected chi connectivity index (χ2v) is 4.10. The third-order valence-corrected chi connectivity index (χ3v) is 2.95. The van der Waals surface area contributed by atoms with Crippen LogP contribution in [0.2, 0.25) is 0 Å². The van der Waals surface area contributed by atoms with Crippen molar-refractivity contribution in [3.63, 3.8) is 0 Å². The van der Waals surface area contributed by atoms with E-state index in [2.05, 4.69) is 4.98 Å². The average Bonchev–Trinajstić information content (AvgIpc) is 2.67. The molecule has 0 aliphatic carbocycles. The lowest BCUT2D eigenvalue weighted by Gasteiger charge is -2.30. The number of fused-ring (bicyclic) bond motifs is 1. The summed E-state index contributed by atoms with van der Waals surface area (Å²) in [5, 5.41) is 1.87. The van der Waals surface area contributed by atoms with E-state index in [4.69, 9.17) is 10.5 Å². The number of halogens is 2. The van der Waals surface area contributed by atoms with Crippen molar-refractivity contribution < 1.29 is 13.5 Å². The van der Waals surface area contributed by atoms with E-state index < -0.39 is 11.6 Å². The highest BCUT2D eigenvalue weighted by Crippen LogP contribution is 2.22. The molecule has 1 aromatic heterocycles. The standard InChI is InChI=1S/C11H12F2N4O/c12-7-5-8(13)10-9(6-7)17(11(14)15-10)16-1-3-18-4-2-16/h5-6H,1-4H2,(H2,14,15). The van der Waals surface area contributed by atoms with Crippen LogP contribution in [0, 0.1) is 11.6 Å². The van der Waals surface area contributed by atoms with E-state index >= 15 is 0 Å². The quantitative estimate of drug-likeness (QED) is 0.820. The van der Waals surface area contributed by atoms with Gasteiger partial charge in [0.2, 0.25) is 5.95 Å². The van der Waals surface area contributed by atoms with Crippen LogP contribution in [0.5, 0.6) is 0 Å². The molecule has 1 aliphatic rings. The zero-order valence-corrected chi connectivity index (χ0v) is 9.57. The maximum absolute atomic E-state index is 13.6. The summed E-state index contributed by atoms with van der Waals surface area (Å²) in [6.45, 7) is 2.31. The van der Waals surface area contributed by atoms with Gasteiger partial charge in [0.25, 0.3) is 0 Å². The highest BCUT2D eigenvalue weighted by Gasteiger charge is 2.19. The summed E-state index contributed by atoms with van der Waals surface area (Å²) in [5.41, 5.74) is 6.21. The molecule has 2 aromatic rings. The lowest BCUT2D eigenvalue weighted by atomic mass is 10.3. The van der Waals surface area contributed by atoms with Crippen LogP contribution in [0.25, 0.3) is 11.0 Å². The minimum atomic E-state index is -0.705. The second kappa shape index (κ2) is 4.09. The number of nitrogens with two attached hydrogens (primary N) is 1. The zero-order valence-electron chi connectivity index (χ0n) is 9.57. The predicted molar refractivity (Wildman–Crippen MR) is 62.8 cm³/mol. The molecule has 7 heteroatoms. The molecule has 96 valence electrons. The molecule has 1 fully saturated rings. The van der Waals surface area contributed by atoms with E-state index in [1.807, 2.05) is 5.01 Å². The van der Waals surface area contributed by atoms with Crippen LogP contribution in [0.4, 0.5) is 14.7 Å². The second-order valence-electron chi connectivity index (χ2n) is 4.10. The molecule has 1 aromatic carbocycles. The number of anilines is 1. The Hall–Kier alpha value is -1.89. The minimum Gasteiger partial charge on any atom is -0.378 e. The van der Waals surface area contributed by atoms with E-state index in [0.717, 1.165) is 6.07 Å². The Morgan fingerprint density at radius 2 is 1.94 bits per heavy atom. The Bertz CT molecular complexity index is 592. The topological polar surface area (TPSA) is 56.3 Å². The summed E-state index contributed by atoms with van der Waals surface area (Å²) < 4.78 is 33.7. The number of ether oxygens (including phenoxy) is 1. The van der Waals surface area contributed by atoms with Crippen LogP contribution in [-0.2, 0) is 4.74 Å². The van der Waals surface area contributed by atoms with Crippen LogP contribution in [0.15, 0.2) is 12.1 Å². The maximum atomic E-state index is 13.6. The van der Waals surface area contributed by atoms with Crippen LogP contribution in [0.1, 0.15) is 0 Å². The smallest absolute Gasteiger partial charge is 0.220 e. The van der Waals surface area contributed by atoms with Crippen molar-refractivity contribution in [3.05, 3.63) is 23.8 Å². The summed E-state index contributed by atoms with van der Waals surface area (Å²) in [5.74, 6) is -1.20. The van der Waals surface area contributed by atoms with Crippen molar-refractivity contribution in [3.8, 4) is 0 Å². The highest BCUT2D eigenvalue weighted by atomic mass is 19.1. The maximum Gasteiger partial charge on any atom is 0.220 e. The molecule has 0 atom stereocenters. The van der Waals surface area contributed by atoms with Gasteiger partial charge in [0.15, 0.2) is 5.82 Å². The van der Waals surface area contributed by atoms with E-state index in [1.54, 1.807) is 4.68 Å². The molecule has 2 heterocycles. The normalized spacial score (nSPS) is 16.4. The van der Waals surface area contributed by atoms with E-state index in [-0.39, 0.29) is 11.5 Å². The molecule has 3 rings (SSSR count). The van der Waals surface area contributed by atoms with Crippen LogP contribution < -0.4 is 10.7 Å². The van der Waals surface area contributed by atoms with Crippen molar-refractivity contribution in [2.75, 3.05) is 37.0 Å². The number of imidazole rings is 1. The molecule has 1 aliphatic heterocycles. The van der Waals surface area contributed by atoms with Gasteiger partial charge in [-0.2, -0.15) is 0 Å². The van der Waals surface area contributed by atoms with Crippen LogP contribution in [0.3, 0.4) is 0 Å². The van der Waals surface area contributed by atoms with Gasteiger partial charge in [0.1, 0.15) is 11.3 Å². The van der Waals surface area contributed by atoms with Gasteiger partial charge in [-0.15, -0.1) is 0 Å². The van der Waals surface area contributed by atoms with Gasteiger partial charge >= 0.3 is 0 Å². The summed E-state index contributed by atoms with van der Waals surface area (Å²) in [4.78, 5) is 3.95.